The van der Waals surface area contributed by atoms with Gasteiger partial charge in [0.25, 0.3) is 29.1 Å². The molecule has 6 heterocycles. The second-order valence-electron chi connectivity index (χ2n) is 32.5. The number of benzene rings is 7. The van der Waals surface area contributed by atoms with Gasteiger partial charge < -0.3 is 11.5 Å². The van der Waals surface area contributed by atoms with Crippen molar-refractivity contribution in [1.29, 1.82) is 0 Å². The van der Waals surface area contributed by atoms with E-state index in [1.807, 2.05) is 154 Å². The van der Waals surface area contributed by atoms with Gasteiger partial charge in [-0.1, -0.05) is 221 Å². The summed E-state index contributed by atoms with van der Waals surface area (Å²) in [7, 11) is -6.20. The lowest BCUT2D eigenvalue weighted by atomic mass is 9.86. The Morgan fingerprint density at radius 3 is 0.802 bits per heavy atom. The van der Waals surface area contributed by atoms with Crippen LogP contribution < -0.4 is 20.9 Å². The maximum atomic E-state index is 13.4. The number of halogens is 3. The molecule has 0 amide bonds. The number of pyridine rings is 6. The Balaban J connectivity index is 0.000000205. The number of nitrogens with two attached hydrogens (primary N) is 2. The summed E-state index contributed by atoms with van der Waals surface area (Å²) in [5, 5.41) is 0. The number of aryl methyl sites for hydroxylation is 3. The van der Waals surface area contributed by atoms with Gasteiger partial charge in [0.15, 0.2) is 0 Å². The van der Waals surface area contributed by atoms with E-state index in [0.717, 1.165) is 70.9 Å². The van der Waals surface area contributed by atoms with Crippen LogP contribution >= 0.6 is 42.5 Å². The largest absolute Gasteiger partial charge is 0.398 e. The van der Waals surface area contributed by atoms with Crippen LogP contribution in [0.1, 0.15) is 167 Å². The average molecular weight is 1810 g/mol. The van der Waals surface area contributed by atoms with E-state index < -0.39 is 29.1 Å². The zero-order valence-corrected chi connectivity index (χ0v) is 76.3. The number of rotatable bonds is 10. The van der Waals surface area contributed by atoms with Crippen molar-refractivity contribution in [2.24, 2.45) is 0 Å². The molecular weight excluding hydrogens is 1720 g/mol. The van der Waals surface area contributed by atoms with Crippen LogP contribution in [0.3, 0.4) is 0 Å². The van der Waals surface area contributed by atoms with Crippen molar-refractivity contribution in [3.8, 4) is 81.5 Å². The molecule has 0 spiro atoms. The summed E-state index contributed by atoms with van der Waals surface area (Å²) in [6.07, 6.45) is 0. The second kappa shape index (κ2) is 39.0. The van der Waals surface area contributed by atoms with Gasteiger partial charge >= 0.3 is 0 Å². The Hall–Kier alpha value is -12.0. The first kappa shape index (κ1) is 91.3. The summed E-state index contributed by atoms with van der Waals surface area (Å²) in [5.74, 6) is 25.3. The maximum absolute atomic E-state index is 13.4. The number of aromatic nitrogens is 6. The van der Waals surface area contributed by atoms with Crippen molar-refractivity contribution in [3.05, 3.63) is 348 Å². The van der Waals surface area contributed by atoms with Crippen LogP contribution in [0.4, 0.5) is 22.7 Å². The van der Waals surface area contributed by atoms with Crippen molar-refractivity contribution < 1.29 is 25.3 Å². The highest BCUT2D eigenvalue weighted by Crippen LogP contribution is 2.33. The third-order valence-electron chi connectivity index (χ3n) is 18.6. The molecule has 0 bridgehead atoms. The van der Waals surface area contributed by atoms with E-state index in [0.29, 0.717) is 68.0 Å². The number of anilines is 4. The third kappa shape index (κ3) is 26.5. The predicted molar refractivity (Wildman–Crippen MR) is 499 cm³/mol. The number of hydrogen-bond donors (Lipinski definition) is 4. The van der Waals surface area contributed by atoms with Gasteiger partial charge in [-0.25, -0.2) is 55.2 Å². The number of nitrogen functional groups attached to an aromatic ring is 2. The molecule has 13 aromatic rings. The number of hydrogen-bond acceptors (Lipinski definition) is 14. The molecule has 0 unspecified atom stereocenters. The lowest BCUT2D eigenvalue weighted by molar-refractivity contribution is 0.590. The molecule has 0 saturated heterocycles. The first-order valence-electron chi connectivity index (χ1n) is 38.4. The average Bonchev–Trinajstić information content (AvgIpc) is 0.800. The van der Waals surface area contributed by atoms with E-state index in [-0.39, 0.29) is 36.3 Å². The van der Waals surface area contributed by atoms with Crippen LogP contribution in [0.25, 0.3) is 34.2 Å². The molecule has 6 N–H and O–H groups in total. The molecule has 121 heavy (non-hydrogen) atoms. The first-order valence-corrected chi connectivity index (χ1v) is 45.3. The van der Waals surface area contributed by atoms with E-state index in [1.54, 1.807) is 84.9 Å². The Morgan fingerprint density at radius 1 is 0.298 bits per heavy atom. The van der Waals surface area contributed by atoms with Crippen LogP contribution in [0.15, 0.2) is 279 Å². The van der Waals surface area contributed by atoms with Crippen molar-refractivity contribution in [2.75, 3.05) is 20.9 Å². The van der Waals surface area contributed by atoms with Crippen LogP contribution in [0, 0.1) is 68.1 Å². The van der Waals surface area contributed by atoms with Crippen molar-refractivity contribution in [2.45, 2.75) is 140 Å². The monoisotopic (exact) mass is 1810 g/mol. The highest BCUT2D eigenvalue weighted by atomic mass is 79.9. The van der Waals surface area contributed by atoms with Gasteiger partial charge in [-0.3, -0.25) is 9.44 Å². The SMILES string of the molecule is Brc1cccc(-c2cccc(Br)n2)n1.CC(C)(C)c1ccc(N)c(C#Cc2cccc(-c3cccc(C#Cc4cc(C(C)(C)C)ccc4N)n3)n2)c1.Cc1ccc(S(=O)(=O)Cl)cc1.Cc1ccc(S(=O)(=O)Nc2ccc(C(C)(C)C)cc2C#Cc2cccc(-c3cccc(C#Cc4cc(C(C)(C)C)ccc4NS(=O)(=O)c4ccc(C)cc4)n3)n2)cc1. The lowest BCUT2D eigenvalue weighted by Gasteiger charge is -2.20. The molecule has 7 aromatic carbocycles. The molecule has 0 fully saturated rings. The summed E-state index contributed by atoms with van der Waals surface area (Å²) < 4.78 is 81.9. The van der Waals surface area contributed by atoms with Gasteiger partial charge in [0, 0.05) is 44.3 Å². The Morgan fingerprint density at radius 2 is 0.537 bits per heavy atom. The van der Waals surface area contributed by atoms with E-state index >= 15 is 0 Å². The normalized spacial score (nSPS) is 11.4. The Labute approximate surface area is 734 Å². The lowest BCUT2D eigenvalue weighted by Crippen LogP contribution is -2.15. The smallest absolute Gasteiger partial charge is 0.261 e. The Kier molecular flexibility index (Phi) is 29.4. The molecule has 0 saturated carbocycles. The molecule has 0 aliphatic carbocycles. The quantitative estimate of drug-likeness (QED) is 0.0430. The Bertz CT molecular complexity index is 6270. The zero-order valence-electron chi connectivity index (χ0n) is 69.9. The van der Waals surface area contributed by atoms with Gasteiger partial charge in [0.2, 0.25) is 0 Å². The fourth-order valence-electron chi connectivity index (χ4n) is 11.4. The summed E-state index contributed by atoms with van der Waals surface area (Å²) in [6.45, 7) is 31.2. The van der Waals surface area contributed by atoms with E-state index in [4.69, 9.17) is 42.1 Å². The van der Waals surface area contributed by atoms with Crippen LogP contribution in [0.2, 0.25) is 0 Å². The molecule has 0 radical (unpaired) electrons. The molecule has 0 aliphatic rings. The molecule has 6 aromatic heterocycles. The summed E-state index contributed by atoms with van der Waals surface area (Å²) in [4.78, 5) is 28.1. The molecule has 22 heteroatoms. The zero-order chi connectivity index (χ0) is 87.8. The number of sulfonamides is 2. The van der Waals surface area contributed by atoms with E-state index in [1.165, 1.54) is 23.3 Å². The predicted octanol–water partition coefficient (Wildman–Crippen LogP) is 22.1. The van der Waals surface area contributed by atoms with Gasteiger partial charge in [-0.05, 0) is 278 Å². The topological polar surface area (TPSA) is 256 Å². The highest BCUT2D eigenvalue weighted by molar-refractivity contribution is 9.10. The van der Waals surface area contributed by atoms with E-state index in [2.05, 4.69) is 206 Å². The highest BCUT2D eigenvalue weighted by Gasteiger charge is 2.23. The maximum Gasteiger partial charge on any atom is 0.261 e. The van der Waals surface area contributed by atoms with Crippen LogP contribution in [0.5, 0.6) is 0 Å². The fraction of sp³-hybridized carbons (Fsp3) is 0.192. The molecule has 16 nitrogen and oxygen atoms in total. The minimum Gasteiger partial charge on any atom is -0.398 e. The summed E-state index contributed by atoms with van der Waals surface area (Å²) in [5.41, 5.74) is 30.5. The standard InChI is InChI=1S/C48H46N4O4S2.C34H34N4.C10H6Br2N2.C7H7ClO2S/c1-33-15-25-41(26-16-33)57(53,54)51-43-29-21-37(47(3,4)5)31-35(43)19-23-39-11-9-13-45(49-39)46-14-10-12-40(50-46)24-20-36-32-38(48(6,7)8)22-30-44(36)52-58(55,56)42-27-17-34(2)18-28-42;1-33(2,3)25-15-19-29(35)23(21-25)13-17-27-9-7-11-31(37-27)32-12-8-10-28(38-32)18-14-24-22-26(34(4,5)6)16-20-30(24)36;11-9-5-1-3-7(13-9)8-4-2-6-10(12)14-8;1-6-2-4-7(5-3-6)11(8,9)10/h9-18,21-22,25-32,51-52H,1-8H3;7-12,15-16,19-22H,35-36H2,1-6H3;1-6H;2-5H,1H3. The van der Waals surface area contributed by atoms with Gasteiger partial charge in [0.05, 0.1) is 60.2 Å². The first-order chi connectivity index (χ1) is 56.9. The molecule has 0 atom stereocenters. The minimum absolute atomic E-state index is 0.0169. The minimum atomic E-state index is -3.87. The van der Waals surface area contributed by atoms with E-state index in [9.17, 15) is 25.3 Å². The number of nitrogens with zero attached hydrogens (tertiary/aromatic N) is 6. The molecule has 13 rings (SSSR count). The van der Waals surface area contributed by atoms with Gasteiger partial charge in [-0.15, -0.1) is 0 Å². The van der Waals surface area contributed by atoms with Gasteiger partial charge in [-0.2, -0.15) is 0 Å². The van der Waals surface area contributed by atoms with Crippen molar-refractivity contribution >= 4 is 94.4 Å². The molecule has 614 valence electrons. The third-order valence-corrected chi connectivity index (χ3v) is 23.6. The fourth-order valence-corrected chi connectivity index (χ4v) is 15.0. The second-order valence-corrected chi connectivity index (χ2v) is 40.1. The van der Waals surface area contributed by atoms with Crippen LogP contribution in [-0.2, 0) is 50.8 Å². The summed E-state index contributed by atoms with van der Waals surface area (Å²) >= 11 is 6.65. The summed E-state index contributed by atoms with van der Waals surface area (Å²) in [6, 6.07) is 76.8. The van der Waals surface area contributed by atoms with Crippen molar-refractivity contribution in [1.82, 2.24) is 29.9 Å². The van der Waals surface area contributed by atoms with Crippen molar-refractivity contribution in [3.63, 3.8) is 0 Å². The van der Waals surface area contributed by atoms with Crippen LogP contribution in [-0.4, -0.2) is 55.2 Å². The molecular formula is C99H93Br2ClN10O6S3. The van der Waals surface area contributed by atoms with Gasteiger partial charge in [0.1, 0.15) is 32.0 Å². The number of nitrogens with one attached hydrogen (secondary N) is 2. The molecule has 0 aliphatic heterocycles.